The van der Waals surface area contributed by atoms with Crippen LogP contribution in [-0.2, 0) is 16.0 Å². The molecule has 1 N–H and O–H groups in total. The maximum Gasteiger partial charge on any atom is 0.410 e. The van der Waals surface area contributed by atoms with Crippen molar-refractivity contribution in [2.45, 2.75) is 38.8 Å². The molecule has 0 radical (unpaired) electrons. The predicted molar refractivity (Wildman–Crippen MR) is 82.1 cm³/mol. The Balaban J connectivity index is 2.84. The van der Waals surface area contributed by atoms with Gasteiger partial charge in [-0.2, -0.15) is 0 Å². The summed E-state index contributed by atoms with van der Waals surface area (Å²) < 4.78 is 10.3. The maximum absolute atomic E-state index is 12.0. The molecule has 0 heterocycles. The fourth-order valence-corrected chi connectivity index (χ4v) is 1.84. The van der Waals surface area contributed by atoms with Crippen LogP contribution in [0.1, 0.15) is 26.3 Å². The first-order valence-electron chi connectivity index (χ1n) is 6.95. The minimum Gasteiger partial charge on any atom is -0.497 e. The summed E-state index contributed by atoms with van der Waals surface area (Å²) in [4.78, 5) is 24.6. The zero-order valence-corrected chi connectivity index (χ0v) is 13.6. The fourth-order valence-electron chi connectivity index (χ4n) is 1.84. The van der Waals surface area contributed by atoms with Crippen molar-refractivity contribution in [1.29, 1.82) is 0 Å². The van der Waals surface area contributed by atoms with Crippen molar-refractivity contribution < 1.29 is 24.2 Å². The van der Waals surface area contributed by atoms with Crippen LogP contribution in [0.5, 0.6) is 5.75 Å². The van der Waals surface area contributed by atoms with E-state index in [2.05, 4.69) is 0 Å². The number of hydrogen-bond donors (Lipinski definition) is 1. The number of nitrogens with zero attached hydrogens (tertiary/aromatic N) is 1. The van der Waals surface area contributed by atoms with Gasteiger partial charge in [0.25, 0.3) is 0 Å². The van der Waals surface area contributed by atoms with E-state index in [-0.39, 0.29) is 6.42 Å². The van der Waals surface area contributed by atoms with Crippen molar-refractivity contribution in [3.8, 4) is 5.75 Å². The highest BCUT2D eigenvalue weighted by Crippen LogP contribution is 2.16. The van der Waals surface area contributed by atoms with Gasteiger partial charge in [0.1, 0.15) is 17.4 Å². The number of carbonyl (C=O) groups excluding carboxylic acids is 1. The lowest BCUT2D eigenvalue weighted by molar-refractivity contribution is -0.142. The molecule has 1 rings (SSSR count). The first-order valence-corrected chi connectivity index (χ1v) is 6.95. The van der Waals surface area contributed by atoms with Gasteiger partial charge in [0.05, 0.1) is 7.11 Å². The number of aliphatic carboxylic acids is 1. The summed E-state index contributed by atoms with van der Waals surface area (Å²) in [6.45, 7) is 5.20. The lowest BCUT2D eigenvalue weighted by atomic mass is 10.1. The number of carboxylic acid groups (broad SMARTS) is 1. The third-order valence-electron chi connectivity index (χ3n) is 3.02. The Hall–Kier alpha value is -2.24. The molecule has 1 aromatic rings. The topological polar surface area (TPSA) is 76.1 Å². The molecule has 0 aliphatic rings. The third kappa shape index (κ3) is 5.27. The molecule has 0 aliphatic carbocycles. The summed E-state index contributed by atoms with van der Waals surface area (Å²) in [6.07, 6.45) is -0.469. The zero-order valence-electron chi connectivity index (χ0n) is 13.6. The van der Waals surface area contributed by atoms with E-state index < -0.39 is 23.7 Å². The Labute approximate surface area is 130 Å². The summed E-state index contributed by atoms with van der Waals surface area (Å²) in [6, 6.07) is 6.06. The van der Waals surface area contributed by atoms with Gasteiger partial charge in [-0.3, -0.25) is 4.90 Å². The minimum absolute atomic E-state index is 0.190. The molecular formula is C16H23NO5. The second-order valence-corrected chi connectivity index (χ2v) is 6.00. The molecule has 1 amide bonds. The van der Waals surface area contributed by atoms with Crippen LogP contribution in [0.25, 0.3) is 0 Å². The molecule has 1 atom stereocenters. The molecule has 0 saturated heterocycles. The number of methoxy groups -OCH3 is 1. The number of carboxylic acids is 1. The van der Waals surface area contributed by atoms with Gasteiger partial charge >= 0.3 is 12.1 Å². The summed E-state index contributed by atoms with van der Waals surface area (Å²) in [7, 11) is 2.99. The molecule has 6 heteroatoms. The zero-order chi connectivity index (χ0) is 16.9. The average molecular weight is 309 g/mol. The largest absolute Gasteiger partial charge is 0.497 e. The molecule has 1 aromatic carbocycles. The molecule has 0 bridgehead atoms. The number of rotatable bonds is 5. The monoisotopic (exact) mass is 309 g/mol. The van der Waals surface area contributed by atoms with Crippen LogP contribution in [-0.4, -0.2) is 47.9 Å². The van der Waals surface area contributed by atoms with Crippen LogP contribution >= 0.6 is 0 Å². The van der Waals surface area contributed by atoms with Gasteiger partial charge in [0.2, 0.25) is 0 Å². The average Bonchev–Trinajstić information content (AvgIpc) is 2.42. The third-order valence-corrected chi connectivity index (χ3v) is 3.02. The van der Waals surface area contributed by atoms with Crippen molar-refractivity contribution in [3.05, 3.63) is 29.8 Å². The summed E-state index contributed by atoms with van der Waals surface area (Å²) in [5, 5.41) is 9.38. The molecular weight excluding hydrogens is 286 g/mol. The summed E-state index contributed by atoms with van der Waals surface area (Å²) in [5.41, 5.74) is 0.123. The predicted octanol–water partition coefficient (Wildman–Crippen LogP) is 2.56. The highest BCUT2D eigenvalue weighted by Gasteiger charge is 2.30. The molecule has 22 heavy (non-hydrogen) atoms. The van der Waals surface area contributed by atoms with Crippen molar-refractivity contribution in [2.75, 3.05) is 14.2 Å². The van der Waals surface area contributed by atoms with Crippen molar-refractivity contribution in [1.82, 2.24) is 4.90 Å². The maximum atomic E-state index is 12.0. The van der Waals surface area contributed by atoms with E-state index in [4.69, 9.17) is 9.47 Å². The normalized spacial score (nSPS) is 12.4. The van der Waals surface area contributed by atoms with Gasteiger partial charge in [-0.05, 0) is 38.5 Å². The van der Waals surface area contributed by atoms with E-state index in [9.17, 15) is 14.7 Å². The summed E-state index contributed by atoms with van der Waals surface area (Å²) >= 11 is 0. The number of carbonyl (C=O) groups is 2. The quantitative estimate of drug-likeness (QED) is 0.904. The minimum atomic E-state index is -1.08. The Bertz CT molecular complexity index is 518. The lowest BCUT2D eigenvalue weighted by Gasteiger charge is -2.28. The van der Waals surface area contributed by atoms with Gasteiger partial charge < -0.3 is 14.6 Å². The van der Waals surface area contributed by atoms with Crippen LogP contribution in [0.2, 0.25) is 0 Å². The molecule has 0 saturated carbocycles. The van der Waals surface area contributed by atoms with E-state index in [0.29, 0.717) is 5.75 Å². The van der Waals surface area contributed by atoms with Crippen LogP contribution in [0.4, 0.5) is 4.79 Å². The first-order chi connectivity index (χ1) is 10.1. The Morgan fingerprint density at radius 2 is 1.77 bits per heavy atom. The smallest absolute Gasteiger partial charge is 0.410 e. The van der Waals surface area contributed by atoms with E-state index >= 15 is 0 Å². The van der Waals surface area contributed by atoms with Gasteiger partial charge in [0.15, 0.2) is 0 Å². The van der Waals surface area contributed by atoms with E-state index in [1.807, 2.05) is 0 Å². The first kappa shape index (κ1) is 17.8. The number of amides is 1. The van der Waals surface area contributed by atoms with Crippen LogP contribution in [0.3, 0.4) is 0 Å². The SMILES string of the molecule is COc1ccc(CC(C(=O)O)N(C)C(=O)OC(C)(C)C)cc1. The van der Waals surface area contributed by atoms with Gasteiger partial charge in [0, 0.05) is 13.5 Å². The number of ether oxygens (including phenoxy) is 2. The molecule has 0 aromatic heterocycles. The second-order valence-electron chi connectivity index (χ2n) is 6.00. The van der Waals surface area contributed by atoms with Crippen molar-refractivity contribution >= 4 is 12.1 Å². The summed E-state index contributed by atoms with van der Waals surface area (Å²) in [5.74, 6) is -0.389. The van der Waals surface area contributed by atoms with Crippen molar-refractivity contribution in [3.63, 3.8) is 0 Å². The molecule has 6 nitrogen and oxygen atoms in total. The van der Waals surface area contributed by atoms with E-state index in [0.717, 1.165) is 10.5 Å². The van der Waals surface area contributed by atoms with E-state index in [1.54, 1.807) is 52.1 Å². The Morgan fingerprint density at radius 3 is 2.18 bits per heavy atom. The van der Waals surface area contributed by atoms with Crippen LogP contribution in [0, 0.1) is 0 Å². The fraction of sp³-hybridized carbons (Fsp3) is 0.500. The number of hydrogen-bond acceptors (Lipinski definition) is 4. The van der Waals surface area contributed by atoms with Gasteiger partial charge in [-0.25, -0.2) is 9.59 Å². The molecule has 0 spiro atoms. The van der Waals surface area contributed by atoms with Gasteiger partial charge in [-0.1, -0.05) is 12.1 Å². The molecule has 122 valence electrons. The molecule has 1 unspecified atom stereocenters. The Morgan fingerprint density at radius 1 is 1.23 bits per heavy atom. The molecule has 0 fully saturated rings. The van der Waals surface area contributed by atoms with Crippen molar-refractivity contribution in [2.24, 2.45) is 0 Å². The van der Waals surface area contributed by atoms with Crippen LogP contribution < -0.4 is 4.74 Å². The number of likely N-dealkylation sites (N-methyl/N-ethyl adjacent to an activating group) is 1. The van der Waals surface area contributed by atoms with E-state index in [1.165, 1.54) is 7.05 Å². The highest BCUT2D eigenvalue weighted by molar-refractivity contribution is 5.80. The van der Waals surface area contributed by atoms with Crippen LogP contribution in [0.15, 0.2) is 24.3 Å². The highest BCUT2D eigenvalue weighted by atomic mass is 16.6. The van der Waals surface area contributed by atoms with Gasteiger partial charge in [-0.15, -0.1) is 0 Å². The number of benzene rings is 1. The lowest BCUT2D eigenvalue weighted by Crippen LogP contribution is -2.46. The second kappa shape index (κ2) is 7.15. The Kier molecular flexibility index (Phi) is 5.79. The standard InChI is InChI=1S/C16H23NO5/c1-16(2,3)22-15(20)17(4)13(14(18)19)10-11-6-8-12(21-5)9-7-11/h6-9,13H,10H2,1-5H3,(H,18,19). The molecule has 0 aliphatic heterocycles.